The van der Waals surface area contributed by atoms with Crippen molar-refractivity contribution in [2.24, 2.45) is 5.92 Å². The molecule has 0 aromatic heterocycles. The summed E-state index contributed by atoms with van der Waals surface area (Å²) in [5, 5.41) is 24.3. The molecule has 7 heteroatoms. The Morgan fingerprint density at radius 1 is 1.17 bits per heavy atom. The number of anilines is 2. The summed E-state index contributed by atoms with van der Waals surface area (Å²) in [6.07, 6.45) is 1.19. The quantitative estimate of drug-likeness (QED) is 0.451. The number of para-hydroxylation sites is 2. The van der Waals surface area contributed by atoms with E-state index in [1.54, 1.807) is 24.3 Å². The second kappa shape index (κ2) is 8.11. The SMILES string of the molecule is CC(C)(C)c1ccc(O)c(NC(=O)C2CCN(c3ccccc3[N+](=O)[O-])CC2)c1. The Morgan fingerprint density at radius 2 is 1.83 bits per heavy atom. The predicted molar refractivity (Wildman–Crippen MR) is 113 cm³/mol. The van der Waals surface area contributed by atoms with Crippen LogP contribution in [0, 0.1) is 16.0 Å². The summed E-state index contributed by atoms with van der Waals surface area (Å²) < 4.78 is 0. The van der Waals surface area contributed by atoms with Gasteiger partial charge in [0.15, 0.2) is 0 Å². The molecule has 1 aliphatic rings. The molecule has 1 saturated heterocycles. The Morgan fingerprint density at radius 3 is 2.45 bits per heavy atom. The van der Waals surface area contributed by atoms with E-state index in [4.69, 9.17) is 0 Å². The molecule has 1 aliphatic heterocycles. The highest BCUT2D eigenvalue weighted by atomic mass is 16.6. The van der Waals surface area contributed by atoms with Crippen LogP contribution in [-0.2, 0) is 10.2 Å². The molecule has 2 aromatic carbocycles. The van der Waals surface area contributed by atoms with Crippen LogP contribution in [-0.4, -0.2) is 29.0 Å². The molecule has 1 heterocycles. The molecule has 2 aromatic rings. The number of phenolic OH excluding ortho intramolecular Hbond substituents is 1. The lowest BCUT2D eigenvalue weighted by Gasteiger charge is -2.32. The number of carbonyl (C=O) groups excluding carboxylic acids is 1. The molecular weight excluding hydrogens is 370 g/mol. The Labute approximate surface area is 170 Å². The third-order valence-electron chi connectivity index (χ3n) is 5.41. The highest BCUT2D eigenvalue weighted by Gasteiger charge is 2.28. The lowest BCUT2D eigenvalue weighted by atomic mass is 9.86. The monoisotopic (exact) mass is 397 g/mol. The molecule has 7 nitrogen and oxygen atoms in total. The predicted octanol–water partition coefficient (Wildman–Crippen LogP) is 4.45. The van der Waals surface area contributed by atoms with E-state index in [2.05, 4.69) is 26.1 Å². The Bertz CT molecular complexity index is 913. The number of piperidine rings is 1. The molecule has 0 atom stereocenters. The molecule has 0 bridgehead atoms. The number of hydrogen-bond acceptors (Lipinski definition) is 5. The van der Waals surface area contributed by atoms with Gasteiger partial charge in [-0.2, -0.15) is 0 Å². The summed E-state index contributed by atoms with van der Waals surface area (Å²) in [4.78, 5) is 25.6. The van der Waals surface area contributed by atoms with Crippen LogP contribution in [0.5, 0.6) is 5.75 Å². The largest absolute Gasteiger partial charge is 0.506 e. The number of nitro groups is 1. The first-order valence-corrected chi connectivity index (χ1v) is 9.79. The van der Waals surface area contributed by atoms with Gasteiger partial charge in [0.1, 0.15) is 11.4 Å². The van der Waals surface area contributed by atoms with Crippen molar-refractivity contribution in [1.29, 1.82) is 0 Å². The standard InChI is InChI=1S/C22H27N3O4/c1-22(2,3)16-8-9-20(26)17(14-16)23-21(27)15-10-12-24(13-11-15)18-6-4-5-7-19(18)25(28)29/h4-9,14-15,26H,10-13H2,1-3H3,(H,23,27). The number of amides is 1. The van der Waals surface area contributed by atoms with Crippen LogP contribution in [0.2, 0.25) is 0 Å². The van der Waals surface area contributed by atoms with Crippen LogP contribution in [0.4, 0.5) is 17.1 Å². The molecule has 0 aliphatic carbocycles. The number of phenols is 1. The van der Waals surface area contributed by atoms with Gasteiger partial charge >= 0.3 is 0 Å². The van der Waals surface area contributed by atoms with Crippen molar-refractivity contribution in [3.63, 3.8) is 0 Å². The van der Waals surface area contributed by atoms with E-state index in [1.807, 2.05) is 17.0 Å². The Balaban J connectivity index is 1.66. The number of rotatable bonds is 4. The maximum Gasteiger partial charge on any atom is 0.292 e. The summed E-state index contributed by atoms with van der Waals surface area (Å²) in [5.74, 6) is -0.288. The zero-order chi connectivity index (χ0) is 21.2. The van der Waals surface area contributed by atoms with Crippen LogP contribution in [0.25, 0.3) is 0 Å². The fourth-order valence-corrected chi connectivity index (χ4v) is 3.61. The summed E-state index contributed by atoms with van der Waals surface area (Å²) in [6.45, 7) is 7.35. The second-order valence-corrected chi connectivity index (χ2v) is 8.48. The third kappa shape index (κ3) is 4.67. The molecule has 154 valence electrons. The lowest BCUT2D eigenvalue weighted by Crippen LogP contribution is -2.38. The van der Waals surface area contributed by atoms with E-state index < -0.39 is 0 Å². The first-order valence-electron chi connectivity index (χ1n) is 9.79. The maximum atomic E-state index is 12.8. The number of benzene rings is 2. The number of carbonyl (C=O) groups is 1. The Hall–Kier alpha value is -3.09. The average Bonchev–Trinajstić information content (AvgIpc) is 2.69. The van der Waals surface area contributed by atoms with Crippen molar-refractivity contribution >= 4 is 23.0 Å². The van der Waals surface area contributed by atoms with E-state index in [9.17, 15) is 20.0 Å². The first kappa shape index (κ1) is 20.6. The van der Waals surface area contributed by atoms with Gasteiger partial charge in [-0.15, -0.1) is 0 Å². The van der Waals surface area contributed by atoms with Gasteiger partial charge in [0.05, 0.1) is 10.6 Å². The number of nitrogens with one attached hydrogen (secondary N) is 1. The molecule has 0 saturated carbocycles. The molecule has 29 heavy (non-hydrogen) atoms. The molecular formula is C22H27N3O4. The van der Waals surface area contributed by atoms with E-state index >= 15 is 0 Å². The highest BCUT2D eigenvalue weighted by molar-refractivity contribution is 5.94. The molecule has 2 N–H and O–H groups in total. The number of nitrogens with zero attached hydrogens (tertiary/aromatic N) is 2. The summed E-state index contributed by atoms with van der Waals surface area (Å²) in [6, 6.07) is 12.0. The first-order chi connectivity index (χ1) is 13.7. The average molecular weight is 397 g/mol. The second-order valence-electron chi connectivity index (χ2n) is 8.48. The highest BCUT2D eigenvalue weighted by Crippen LogP contribution is 2.33. The smallest absolute Gasteiger partial charge is 0.292 e. The summed E-state index contributed by atoms with van der Waals surface area (Å²) >= 11 is 0. The van der Waals surface area contributed by atoms with Crippen molar-refractivity contribution in [2.45, 2.75) is 39.0 Å². The molecule has 1 amide bonds. The number of aromatic hydroxyl groups is 1. The van der Waals surface area contributed by atoms with Crippen LogP contribution < -0.4 is 10.2 Å². The number of nitro benzene ring substituents is 1. The maximum absolute atomic E-state index is 12.8. The van der Waals surface area contributed by atoms with Gasteiger partial charge in [0.25, 0.3) is 5.69 Å². The zero-order valence-electron chi connectivity index (χ0n) is 17.0. The minimum atomic E-state index is -0.376. The molecule has 0 spiro atoms. The lowest BCUT2D eigenvalue weighted by molar-refractivity contribution is -0.384. The normalized spacial score (nSPS) is 15.2. The zero-order valence-corrected chi connectivity index (χ0v) is 17.0. The fraction of sp³-hybridized carbons (Fsp3) is 0.409. The van der Waals surface area contributed by atoms with Crippen molar-refractivity contribution < 1.29 is 14.8 Å². The van der Waals surface area contributed by atoms with Gasteiger partial charge in [-0.3, -0.25) is 14.9 Å². The Kier molecular flexibility index (Phi) is 5.77. The van der Waals surface area contributed by atoms with Crippen molar-refractivity contribution in [1.82, 2.24) is 0 Å². The molecule has 0 unspecified atom stereocenters. The minimum Gasteiger partial charge on any atom is -0.506 e. The van der Waals surface area contributed by atoms with Crippen molar-refractivity contribution in [2.75, 3.05) is 23.3 Å². The van der Waals surface area contributed by atoms with Crippen LogP contribution in [0.1, 0.15) is 39.2 Å². The van der Waals surface area contributed by atoms with Gasteiger partial charge in [0, 0.05) is 25.1 Å². The minimum absolute atomic E-state index is 0.0451. The van der Waals surface area contributed by atoms with E-state index in [0.717, 1.165) is 5.56 Å². The van der Waals surface area contributed by atoms with E-state index in [-0.39, 0.29) is 33.6 Å². The molecule has 0 radical (unpaired) electrons. The van der Waals surface area contributed by atoms with Crippen molar-refractivity contribution in [3.05, 3.63) is 58.1 Å². The topological polar surface area (TPSA) is 95.7 Å². The van der Waals surface area contributed by atoms with Crippen LogP contribution in [0.15, 0.2) is 42.5 Å². The third-order valence-corrected chi connectivity index (χ3v) is 5.41. The van der Waals surface area contributed by atoms with Gasteiger partial charge in [-0.1, -0.05) is 39.0 Å². The van der Waals surface area contributed by atoms with E-state index in [0.29, 0.717) is 37.3 Å². The van der Waals surface area contributed by atoms with Gasteiger partial charge < -0.3 is 15.3 Å². The van der Waals surface area contributed by atoms with Crippen molar-refractivity contribution in [3.8, 4) is 5.75 Å². The summed E-state index contributed by atoms with van der Waals surface area (Å²) in [5.41, 5.74) is 2.02. The van der Waals surface area contributed by atoms with Crippen LogP contribution >= 0.6 is 0 Å². The fourth-order valence-electron chi connectivity index (χ4n) is 3.61. The number of hydrogen-bond donors (Lipinski definition) is 2. The molecule has 3 rings (SSSR count). The van der Waals surface area contributed by atoms with Gasteiger partial charge in [-0.25, -0.2) is 0 Å². The van der Waals surface area contributed by atoms with E-state index in [1.165, 1.54) is 6.07 Å². The molecule has 1 fully saturated rings. The summed E-state index contributed by atoms with van der Waals surface area (Å²) in [7, 11) is 0. The van der Waals surface area contributed by atoms with Gasteiger partial charge in [0.2, 0.25) is 5.91 Å². The van der Waals surface area contributed by atoms with Gasteiger partial charge in [-0.05, 0) is 42.0 Å². The van der Waals surface area contributed by atoms with Crippen LogP contribution in [0.3, 0.4) is 0 Å².